The molecular formula is C21H30N4O3. The van der Waals surface area contributed by atoms with Crippen LogP contribution in [0.4, 0.5) is 9.59 Å². The maximum atomic E-state index is 12.6. The van der Waals surface area contributed by atoms with Gasteiger partial charge < -0.3 is 16.0 Å². The molecule has 7 heteroatoms. The van der Waals surface area contributed by atoms with Crippen LogP contribution in [0.1, 0.15) is 62.6 Å². The predicted octanol–water partition coefficient (Wildman–Crippen LogP) is 3.00. The Balaban J connectivity index is 1.42. The lowest BCUT2D eigenvalue weighted by Crippen LogP contribution is -2.44. The highest BCUT2D eigenvalue weighted by molar-refractivity contribution is 6.07. The lowest BCUT2D eigenvalue weighted by molar-refractivity contribution is -0.131. The van der Waals surface area contributed by atoms with Crippen LogP contribution in [0.15, 0.2) is 24.3 Å². The molecule has 5 amide bonds. The average Bonchev–Trinajstić information content (AvgIpc) is 3.24. The number of urea groups is 2. The van der Waals surface area contributed by atoms with E-state index < -0.39 is 5.54 Å². The van der Waals surface area contributed by atoms with Crippen LogP contribution < -0.4 is 16.0 Å². The van der Waals surface area contributed by atoms with Crippen LogP contribution in [0.25, 0.3) is 0 Å². The van der Waals surface area contributed by atoms with Gasteiger partial charge in [-0.15, -0.1) is 0 Å². The van der Waals surface area contributed by atoms with E-state index in [0.29, 0.717) is 19.5 Å². The van der Waals surface area contributed by atoms with E-state index in [1.54, 1.807) is 0 Å². The maximum Gasteiger partial charge on any atom is 0.325 e. The largest absolute Gasteiger partial charge is 0.338 e. The van der Waals surface area contributed by atoms with E-state index in [4.69, 9.17) is 0 Å². The number of amides is 5. The van der Waals surface area contributed by atoms with Crippen molar-refractivity contribution in [3.05, 3.63) is 35.4 Å². The number of hydrogen-bond donors (Lipinski definition) is 3. The van der Waals surface area contributed by atoms with Crippen molar-refractivity contribution in [2.75, 3.05) is 13.1 Å². The Morgan fingerprint density at radius 2 is 1.89 bits per heavy atom. The molecule has 1 aliphatic carbocycles. The molecule has 1 unspecified atom stereocenters. The predicted molar refractivity (Wildman–Crippen MR) is 107 cm³/mol. The van der Waals surface area contributed by atoms with Gasteiger partial charge in [-0.2, -0.15) is 0 Å². The fourth-order valence-corrected chi connectivity index (χ4v) is 4.06. The molecule has 152 valence electrons. The highest BCUT2D eigenvalue weighted by atomic mass is 16.2. The second-order valence-electron chi connectivity index (χ2n) is 7.80. The first-order chi connectivity index (χ1) is 13.4. The Hall–Kier alpha value is -2.57. The first-order valence-electron chi connectivity index (χ1n) is 10.2. The topological polar surface area (TPSA) is 90.5 Å². The number of hydrogen-bond acceptors (Lipinski definition) is 3. The van der Waals surface area contributed by atoms with Gasteiger partial charge in [0.1, 0.15) is 5.54 Å². The monoisotopic (exact) mass is 386 g/mol. The Bertz CT molecular complexity index is 726. The molecule has 28 heavy (non-hydrogen) atoms. The number of imide groups is 1. The molecule has 0 radical (unpaired) electrons. The molecule has 0 bridgehead atoms. The summed E-state index contributed by atoms with van der Waals surface area (Å²) in [6.45, 7) is 4.79. The van der Waals surface area contributed by atoms with E-state index in [0.717, 1.165) is 37.7 Å². The second-order valence-corrected chi connectivity index (χ2v) is 7.80. The molecule has 1 spiro atoms. The van der Waals surface area contributed by atoms with Crippen LogP contribution >= 0.6 is 0 Å². The summed E-state index contributed by atoms with van der Waals surface area (Å²) in [4.78, 5) is 38.2. The lowest BCUT2D eigenvalue weighted by atomic mass is 9.98. The minimum absolute atomic E-state index is 0.0474. The first kappa shape index (κ1) is 20.2. The second kappa shape index (κ2) is 8.63. The van der Waals surface area contributed by atoms with E-state index in [-0.39, 0.29) is 24.0 Å². The molecule has 3 N–H and O–H groups in total. The number of nitrogens with one attached hydrogen (secondary N) is 3. The Kier molecular flexibility index (Phi) is 6.21. The number of nitrogens with zero attached hydrogens (tertiary/aromatic N) is 1. The van der Waals surface area contributed by atoms with Crippen LogP contribution in [0.3, 0.4) is 0 Å². The van der Waals surface area contributed by atoms with Crippen molar-refractivity contribution in [3.63, 3.8) is 0 Å². The number of carbonyl (C=O) groups is 3. The van der Waals surface area contributed by atoms with E-state index in [9.17, 15) is 14.4 Å². The van der Waals surface area contributed by atoms with Crippen molar-refractivity contribution in [2.45, 2.75) is 64.0 Å². The van der Waals surface area contributed by atoms with Crippen LogP contribution in [0.2, 0.25) is 0 Å². The van der Waals surface area contributed by atoms with Crippen LogP contribution in [0, 0.1) is 6.92 Å². The maximum absolute atomic E-state index is 12.6. The molecule has 0 aromatic heterocycles. The summed E-state index contributed by atoms with van der Waals surface area (Å²) < 4.78 is 0. The van der Waals surface area contributed by atoms with Gasteiger partial charge in [0.05, 0.1) is 6.04 Å². The van der Waals surface area contributed by atoms with Crippen molar-refractivity contribution < 1.29 is 14.4 Å². The van der Waals surface area contributed by atoms with E-state index >= 15 is 0 Å². The zero-order valence-electron chi connectivity index (χ0n) is 16.7. The summed E-state index contributed by atoms with van der Waals surface area (Å²) in [5.41, 5.74) is 1.59. The summed E-state index contributed by atoms with van der Waals surface area (Å²) in [5, 5.41) is 8.67. The van der Waals surface area contributed by atoms with E-state index in [1.165, 1.54) is 10.5 Å². The molecule has 3 rings (SSSR count). The van der Waals surface area contributed by atoms with Gasteiger partial charge in [0.2, 0.25) is 0 Å². The molecule has 1 saturated heterocycles. The molecule has 1 aliphatic heterocycles. The highest BCUT2D eigenvalue weighted by Crippen LogP contribution is 2.34. The molecule has 1 atom stereocenters. The van der Waals surface area contributed by atoms with Crippen molar-refractivity contribution in [2.24, 2.45) is 0 Å². The van der Waals surface area contributed by atoms with Crippen molar-refractivity contribution in [3.8, 4) is 0 Å². The van der Waals surface area contributed by atoms with Gasteiger partial charge >= 0.3 is 12.1 Å². The lowest BCUT2D eigenvalue weighted by Gasteiger charge is -2.20. The van der Waals surface area contributed by atoms with Gasteiger partial charge in [-0.1, -0.05) is 49.6 Å². The molecule has 1 aromatic carbocycles. The Morgan fingerprint density at radius 1 is 1.21 bits per heavy atom. The third-order valence-electron chi connectivity index (χ3n) is 5.74. The summed E-state index contributed by atoms with van der Waals surface area (Å²) in [5.74, 6) is -0.107. The van der Waals surface area contributed by atoms with Gasteiger partial charge in [0.15, 0.2) is 0 Å². The Labute approximate surface area is 166 Å². The fourth-order valence-electron chi connectivity index (χ4n) is 4.06. The average molecular weight is 386 g/mol. The van der Waals surface area contributed by atoms with Gasteiger partial charge in [-0.05, 0) is 38.2 Å². The van der Waals surface area contributed by atoms with Gasteiger partial charge in [-0.25, -0.2) is 9.59 Å². The van der Waals surface area contributed by atoms with Gasteiger partial charge in [-0.3, -0.25) is 9.69 Å². The summed E-state index contributed by atoms with van der Waals surface area (Å²) in [6, 6.07) is 7.53. The molecule has 2 aliphatic rings. The van der Waals surface area contributed by atoms with Crippen molar-refractivity contribution in [1.29, 1.82) is 0 Å². The SMILES string of the molecule is CCC(NC(=O)NCCCN1C(=O)NC2(CCCC2)C1=O)c1ccc(C)cc1. The zero-order chi connectivity index (χ0) is 20.1. The van der Waals surface area contributed by atoms with Crippen LogP contribution in [0.5, 0.6) is 0 Å². The third-order valence-corrected chi connectivity index (χ3v) is 5.74. The normalized spacial score (nSPS) is 19.0. The summed E-state index contributed by atoms with van der Waals surface area (Å²) in [7, 11) is 0. The van der Waals surface area contributed by atoms with E-state index in [2.05, 4.69) is 16.0 Å². The molecule has 1 saturated carbocycles. The summed E-state index contributed by atoms with van der Waals surface area (Å²) >= 11 is 0. The van der Waals surface area contributed by atoms with Crippen LogP contribution in [-0.2, 0) is 4.79 Å². The number of aryl methyl sites for hydroxylation is 1. The van der Waals surface area contributed by atoms with Gasteiger partial charge in [0.25, 0.3) is 5.91 Å². The number of benzene rings is 1. The molecular weight excluding hydrogens is 356 g/mol. The minimum atomic E-state index is -0.662. The van der Waals surface area contributed by atoms with E-state index in [1.807, 2.05) is 38.1 Å². The molecule has 1 heterocycles. The Morgan fingerprint density at radius 3 is 2.54 bits per heavy atom. The van der Waals surface area contributed by atoms with Gasteiger partial charge in [0, 0.05) is 13.1 Å². The molecule has 2 fully saturated rings. The highest BCUT2D eigenvalue weighted by Gasteiger charge is 2.51. The fraction of sp³-hybridized carbons (Fsp3) is 0.571. The molecule has 1 aromatic rings. The van der Waals surface area contributed by atoms with Crippen LogP contribution in [-0.4, -0.2) is 41.5 Å². The standard InChI is InChI=1S/C21H30N4O3/c1-3-17(16-9-7-15(2)8-10-16)23-19(27)22-13-6-14-25-18(26)21(24-20(25)28)11-4-5-12-21/h7-10,17H,3-6,11-14H2,1-2H3,(H,24,28)(H2,22,23,27). The first-order valence-corrected chi connectivity index (χ1v) is 10.2. The third kappa shape index (κ3) is 4.29. The van der Waals surface area contributed by atoms with Crippen molar-refractivity contribution >= 4 is 18.0 Å². The number of rotatable bonds is 7. The van der Waals surface area contributed by atoms with Crippen molar-refractivity contribution in [1.82, 2.24) is 20.9 Å². The summed E-state index contributed by atoms with van der Waals surface area (Å²) in [6.07, 6.45) is 4.73. The quantitative estimate of drug-likeness (QED) is 0.497. The zero-order valence-corrected chi connectivity index (χ0v) is 16.7. The minimum Gasteiger partial charge on any atom is -0.338 e. The molecule has 7 nitrogen and oxygen atoms in total. The smallest absolute Gasteiger partial charge is 0.325 e. The number of carbonyl (C=O) groups excluding carboxylic acids is 3.